The number of nitrogens with zero attached hydrogens (tertiary/aromatic N) is 2. The molecule has 0 spiro atoms. The number of ether oxygens (including phenoxy) is 1. The number of hydrogen-bond acceptors (Lipinski definition) is 5. The fourth-order valence-electron chi connectivity index (χ4n) is 3.86. The Labute approximate surface area is 212 Å². The number of hydrogen-bond donors (Lipinski definition) is 1. The Bertz CT molecular complexity index is 1090. The van der Waals surface area contributed by atoms with Crippen LogP contribution in [-0.2, 0) is 37.4 Å². The zero-order valence-electron chi connectivity index (χ0n) is 20.0. The van der Waals surface area contributed by atoms with Gasteiger partial charge in [0.25, 0.3) is 0 Å². The molecule has 2 amide bonds. The predicted octanol–water partition coefficient (Wildman–Crippen LogP) is 2.81. The summed E-state index contributed by atoms with van der Waals surface area (Å²) in [7, 11) is -3.69. The molecule has 190 valence electrons. The molecule has 2 aromatic carbocycles. The van der Waals surface area contributed by atoms with E-state index in [4.69, 9.17) is 16.3 Å². The molecule has 1 aliphatic rings. The average molecular weight is 522 g/mol. The number of carbonyl (C=O) groups excluding carboxylic acids is 2. The van der Waals surface area contributed by atoms with Gasteiger partial charge in [-0.3, -0.25) is 9.59 Å². The van der Waals surface area contributed by atoms with Crippen molar-refractivity contribution in [2.75, 3.05) is 26.0 Å². The van der Waals surface area contributed by atoms with Crippen LogP contribution in [0.3, 0.4) is 0 Å². The number of halogens is 1. The van der Waals surface area contributed by atoms with E-state index < -0.39 is 22.0 Å². The predicted molar refractivity (Wildman–Crippen MR) is 135 cm³/mol. The van der Waals surface area contributed by atoms with E-state index in [1.807, 2.05) is 18.2 Å². The van der Waals surface area contributed by atoms with Gasteiger partial charge in [-0.25, -0.2) is 8.42 Å². The molecule has 8 nitrogen and oxygen atoms in total. The van der Waals surface area contributed by atoms with Crippen molar-refractivity contribution < 1.29 is 22.7 Å². The van der Waals surface area contributed by atoms with E-state index in [1.54, 1.807) is 43.3 Å². The molecule has 10 heteroatoms. The molecule has 0 radical (unpaired) electrons. The molecule has 0 aromatic heterocycles. The van der Waals surface area contributed by atoms with Crippen LogP contribution in [0.2, 0.25) is 5.02 Å². The van der Waals surface area contributed by atoms with Gasteiger partial charge in [0.15, 0.2) is 0 Å². The van der Waals surface area contributed by atoms with Crippen LogP contribution in [0.25, 0.3) is 0 Å². The molecule has 1 N–H and O–H groups in total. The molecule has 1 aliphatic heterocycles. The SMILES string of the molecule is CC(C(=O)NCC1CCCO1)N(Cc1ccc(Cl)cc1)C(=O)CN(Cc1ccccc1)S(C)(=O)=O. The molecule has 2 aromatic rings. The fourth-order valence-corrected chi connectivity index (χ4v) is 4.71. The van der Waals surface area contributed by atoms with Gasteiger partial charge >= 0.3 is 0 Å². The maximum atomic E-state index is 13.5. The number of nitrogens with one attached hydrogen (secondary N) is 1. The quantitative estimate of drug-likeness (QED) is 0.490. The van der Waals surface area contributed by atoms with Gasteiger partial charge in [-0.05, 0) is 43.0 Å². The molecular formula is C25H32ClN3O5S. The Hall–Kier alpha value is -2.46. The number of rotatable bonds is 11. The molecule has 1 heterocycles. The zero-order valence-corrected chi connectivity index (χ0v) is 21.6. The van der Waals surface area contributed by atoms with Gasteiger partial charge in [-0.1, -0.05) is 54.1 Å². The van der Waals surface area contributed by atoms with Crippen molar-refractivity contribution in [2.45, 2.75) is 45.0 Å². The topological polar surface area (TPSA) is 96.0 Å². The lowest BCUT2D eigenvalue weighted by Gasteiger charge is -2.31. The molecule has 2 unspecified atom stereocenters. The minimum Gasteiger partial charge on any atom is -0.376 e. The lowest BCUT2D eigenvalue weighted by atomic mass is 10.1. The highest BCUT2D eigenvalue weighted by atomic mass is 35.5. The van der Waals surface area contributed by atoms with E-state index in [-0.39, 0.29) is 31.6 Å². The molecule has 2 atom stereocenters. The van der Waals surface area contributed by atoms with Crippen LogP contribution in [-0.4, -0.2) is 67.5 Å². The highest BCUT2D eigenvalue weighted by Gasteiger charge is 2.30. The highest BCUT2D eigenvalue weighted by Crippen LogP contribution is 2.16. The molecule has 0 bridgehead atoms. The van der Waals surface area contributed by atoms with E-state index >= 15 is 0 Å². The van der Waals surface area contributed by atoms with Crippen LogP contribution in [0.15, 0.2) is 54.6 Å². The van der Waals surface area contributed by atoms with Crippen LogP contribution in [0.5, 0.6) is 0 Å². The first kappa shape index (κ1) is 27.1. The molecule has 1 fully saturated rings. The third-order valence-corrected chi connectivity index (χ3v) is 7.39. The summed E-state index contributed by atoms with van der Waals surface area (Å²) in [5.74, 6) is -0.794. The van der Waals surface area contributed by atoms with Crippen molar-refractivity contribution in [1.82, 2.24) is 14.5 Å². The number of amides is 2. The van der Waals surface area contributed by atoms with E-state index in [1.165, 1.54) is 4.90 Å². The first-order chi connectivity index (χ1) is 16.6. The van der Waals surface area contributed by atoms with Gasteiger partial charge in [-0.15, -0.1) is 0 Å². The van der Waals surface area contributed by atoms with Crippen molar-refractivity contribution >= 4 is 33.4 Å². The van der Waals surface area contributed by atoms with E-state index in [9.17, 15) is 18.0 Å². The summed E-state index contributed by atoms with van der Waals surface area (Å²) < 4.78 is 31.7. The summed E-state index contributed by atoms with van der Waals surface area (Å²) in [5, 5.41) is 3.42. The van der Waals surface area contributed by atoms with Gasteiger partial charge in [0, 0.05) is 31.3 Å². The first-order valence-corrected chi connectivity index (χ1v) is 13.8. The van der Waals surface area contributed by atoms with Crippen LogP contribution in [0.4, 0.5) is 0 Å². The van der Waals surface area contributed by atoms with Gasteiger partial charge in [0.1, 0.15) is 6.04 Å². The largest absolute Gasteiger partial charge is 0.376 e. The third kappa shape index (κ3) is 8.31. The standard InChI is InChI=1S/C25H32ClN3O5S/c1-19(25(31)27-15-23-9-6-14-34-23)29(17-21-10-12-22(26)13-11-21)24(30)18-28(35(2,32)33)16-20-7-4-3-5-8-20/h3-5,7-8,10-13,19,23H,6,9,14-18H2,1-2H3,(H,27,31). The van der Waals surface area contributed by atoms with Gasteiger partial charge < -0.3 is 15.0 Å². The van der Waals surface area contributed by atoms with Crippen molar-refractivity contribution in [2.24, 2.45) is 0 Å². The fraction of sp³-hybridized carbons (Fsp3) is 0.440. The number of sulfonamides is 1. The normalized spacial score (nSPS) is 16.7. The summed E-state index contributed by atoms with van der Waals surface area (Å²) in [6.45, 7) is 2.49. The monoisotopic (exact) mass is 521 g/mol. The molecule has 1 saturated heterocycles. The second kappa shape index (κ2) is 12.5. The molecule has 0 aliphatic carbocycles. The minimum absolute atomic E-state index is 0.0295. The van der Waals surface area contributed by atoms with E-state index in [0.29, 0.717) is 18.2 Å². The second-order valence-electron chi connectivity index (χ2n) is 8.72. The molecular weight excluding hydrogens is 490 g/mol. The highest BCUT2D eigenvalue weighted by molar-refractivity contribution is 7.88. The molecule has 35 heavy (non-hydrogen) atoms. The summed E-state index contributed by atoms with van der Waals surface area (Å²) in [4.78, 5) is 27.8. The van der Waals surface area contributed by atoms with E-state index in [2.05, 4.69) is 5.32 Å². The maximum absolute atomic E-state index is 13.5. The third-order valence-electron chi connectivity index (χ3n) is 5.94. The molecule has 3 rings (SSSR count). The average Bonchev–Trinajstić information content (AvgIpc) is 3.35. The lowest BCUT2D eigenvalue weighted by Crippen LogP contribution is -2.51. The number of carbonyl (C=O) groups is 2. The Morgan fingerprint density at radius 2 is 1.74 bits per heavy atom. The van der Waals surface area contributed by atoms with Crippen LogP contribution >= 0.6 is 11.6 Å². The summed E-state index contributed by atoms with van der Waals surface area (Å²) >= 11 is 5.99. The van der Waals surface area contributed by atoms with Crippen molar-refractivity contribution in [3.8, 4) is 0 Å². The summed E-state index contributed by atoms with van der Waals surface area (Å²) in [5.41, 5.74) is 1.54. The second-order valence-corrected chi connectivity index (χ2v) is 11.1. The summed E-state index contributed by atoms with van der Waals surface area (Å²) in [6.07, 6.45) is 2.88. The van der Waals surface area contributed by atoms with E-state index in [0.717, 1.165) is 34.5 Å². The van der Waals surface area contributed by atoms with Gasteiger partial charge in [-0.2, -0.15) is 4.31 Å². The Morgan fingerprint density at radius 1 is 1.09 bits per heavy atom. The summed E-state index contributed by atoms with van der Waals surface area (Å²) in [6, 6.07) is 15.2. The van der Waals surface area contributed by atoms with Crippen LogP contribution in [0, 0.1) is 0 Å². The van der Waals surface area contributed by atoms with Crippen molar-refractivity contribution in [3.63, 3.8) is 0 Å². The van der Waals surface area contributed by atoms with Crippen molar-refractivity contribution in [1.29, 1.82) is 0 Å². The minimum atomic E-state index is -3.69. The Kier molecular flexibility index (Phi) is 9.68. The van der Waals surface area contributed by atoms with Gasteiger partial charge in [0.2, 0.25) is 21.8 Å². The van der Waals surface area contributed by atoms with Crippen LogP contribution < -0.4 is 5.32 Å². The van der Waals surface area contributed by atoms with Crippen LogP contribution in [0.1, 0.15) is 30.9 Å². The Balaban J connectivity index is 1.77. The first-order valence-electron chi connectivity index (χ1n) is 11.6. The van der Waals surface area contributed by atoms with Crippen molar-refractivity contribution in [3.05, 3.63) is 70.7 Å². The maximum Gasteiger partial charge on any atom is 0.242 e. The lowest BCUT2D eigenvalue weighted by molar-refractivity contribution is -0.141. The molecule has 0 saturated carbocycles. The Morgan fingerprint density at radius 3 is 2.34 bits per heavy atom. The smallest absolute Gasteiger partial charge is 0.242 e. The number of benzene rings is 2. The van der Waals surface area contributed by atoms with Gasteiger partial charge in [0.05, 0.1) is 18.9 Å². The zero-order chi connectivity index (χ0) is 25.4.